The predicted octanol–water partition coefficient (Wildman–Crippen LogP) is 2.75. The van der Waals surface area contributed by atoms with Crippen LogP contribution in [0.3, 0.4) is 0 Å². The van der Waals surface area contributed by atoms with Gasteiger partial charge >= 0.3 is 0 Å². The highest BCUT2D eigenvalue weighted by Gasteiger charge is 1.96. The first kappa shape index (κ1) is 10.7. The van der Waals surface area contributed by atoms with Gasteiger partial charge in [-0.25, -0.2) is 0 Å². The third kappa shape index (κ3) is 6.11. The van der Waals surface area contributed by atoms with Gasteiger partial charge in [0.1, 0.15) is 0 Å². The Bertz CT molecular complexity index is 93.0. The SMILES string of the molecule is CCCCC=CC(CC)CO. The zero-order valence-electron chi connectivity index (χ0n) is 7.71. The molecule has 1 nitrogen and oxygen atoms in total. The van der Waals surface area contributed by atoms with Gasteiger partial charge in [0, 0.05) is 6.61 Å². The maximum atomic E-state index is 8.83. The van der Waals surface area contributed by atoms with E-state index in [1.807, 2.05) is 0 Å². The van der Waals surface area contributed by atoms with Crippen LogP contribution in [0.5, 0.6) is 0 Å². The van der Waals surface area contributed by atoms with Crippen LogP contribution in [0.2, 0.25) is 0 Å². The molecule has 0 aliphatic heterocycles. The van der Waals surface area contributed by atoms with Crippen LogP contribution in [0.15, 0.2) is 12.2 Å². The Balaban J connectivity index is 3.36. The highest BCUT2D eigenvalue weighted by molar-refractivity contribution is 4.87. The standard InChI is InChI=1S/C10H20O/c1-3-5-6-7-8-10(4-2)9-11/h7-8,10-11H,3-6,9H2,1-2H3. The van der Waals surface area contributed by atoms with Gasteiger partial charge in [-0.15, -0.1) is 0 Å². The summed E-state index contributed by atoms with van der Waals surface area (Å²) >= 11 is 0. The molecule has 0 aliphatic rings. The fourth-order valence-electron chi connectivity index (χ4n) is 0.937. The van der Waals surface area contributed by atoms with Crippen molar-refractivity contribution >= 4 is 0 Å². The third-order valence-corrected chi connectivity index (χ3v) is 1.89. The van der Waals surface area contributed by atoms with Gasteiger partial charge in [0.05, 0.1) is 0 Å². The third-order valence-electron chi connectivity index (χ3n) is 1.89. The lowest BCUT2D eigenvalue weighted by molar-refractivity contribution is 0.249. The van der Waals surface area contributed by atoms with Crippen LogP contribution in [0.25, 0.3) is 0 Å². The van der Waals surface area contributed by atoms with E-state index in [-0.39, 0.29) is 0 Å². The zero-order valence-corrected chi connectivity index (χ0v) is 7.71. The van der Waals surface area contributed by atoms with Crippen molar-refractivity contribution in [2.45, 2.75) is 39.5 Å². The minimum Gasteiger partial charge on any atom is -0.396 e. The van der Waals surface area contributed by atoms with E-state index in [1.165, 1.54) is 12.8 Å². The lowest BCUT2D eigenvalue weighted by atomic mass is 10.1. The molecule has 0 bridgehead atoms. The molecule has 0 radical (unpaired) electrons. The van der Waals surface area contributed by atoms with E-state index >= 15 is 0 Å². The number of aliphatic hydroxyl groups is 1. The molecular weight excluding hydrogens is 136 g/mol. The molecule has 1 unspecified atom stereocenters. The van der Waals surface area contributed by atoms with E-state index in [9.17, 15) is 0 Å². The first-order valence-corrected chi connectivity index (χ1v) is 4.62. The second-order valence-corrected chi connectivity index (χ2v) is 2.92. The van der Waals surface area contributed by atoms with E-state index in [4.69, 9.17) is 5.11 Å². The maximum Gasteiger partial charge on any atom is 0.0493 e. The van der Waals surface area contributed by atoms with Crippen molar-refractivity contribution in [2.24, 2.45) is 5.92 Å². The van der Waals surface area contributed by atoms with Crippen molar-refractivity contribution in [1.82, 2.24) is 0 Å². The van der Waals surface area contributed by atoms with Crippen LogP contribution >= 0.6 is 0 Å². The largest absolute Gasteiger partial charge is 0.396 e. The van der Waals surface area contributed by atoms with Crippen molar-refractivity contribution in [1.29, 1.82) is 0 Å². The molecular formula is C10H20O. The average molecular weight is 156 g/mol. The van der Waals surface area contributed by atoms with E-state index in [2.05, 4.69) is 26.0 Å². The monoisotopic (exact) mass is 156 g/mol. The molecule has 0 fully saturated rings. The highest BCUT2D eigenvalue weighted by Crippen LogP contribution is 2.04. The summed E-state index contributed by atoms with van der Waals surface area (Å²) in [5.41, 5.74) is 0. The first-order chi connectivity index (χ1) is 5.35. The lowest BCUT2D eigenvalue weighted by Gasteiger charge is -2.03. The Kier molecular flexibility index (Phi) is 7.59. The minimum absolute atomic E-state index is 0.291. The molecule has 0 amide bonds. The molecule has 1 N–H and O–H groups in total. The Morgan fingerprint density at radius 3 is 2.55 bits per heavy atom. The highest BCUT2D eigenvalue weighted by atomic mass is 16.3. The van der Waals surface area contributed by atoms with Gasteiger partial charge in [-0.3, -0.25) is 0 Å². The molecule has 11 heavy (non-hydrogen) atoms. The van der Waals surface area contributed by atoms with Gasteiger partial charge in [-0.2, -0.15) is 0 Å². The van der Waals surface area contributed by atoms with E-state index < -0.39 is 0 Å². The van der Waals surface area contributed by atoms with Crippen LogP contribution in [0, 0.1) is 5.92 Å². The fourth-order valence-corrected chi connectivity index (χ4v) is 0.937. The molecule has 0 aromatic heterocycles. The Morgan fingerprint density at radius 2 is 2.09 bits per heavy atom. The predicted molar refractivity (Wildman–Crippen MR) is 49.5 cm³/mol. The van der Waals surface area contributed by atoms with Crippen LogP contribution in [-0.4, -0.2) is 11.7 Å². The summed E-state index contributed by atoms with van der Waals surface area (Å²) in [7, 11) is 0. The van der Waals surface area contributed by atoms with Crippen LogP contribution < -0.4 is 0 Å². The number of rotatable bonds is 6. The Labute approximate surface area is 70.1 Å². The molecule has 66 valence electrons. The normalized spacial score (nSPS) is 14.1. The maximum absolute atomic E-state index is 8.83. The summed E-state index contributed by atoms with van der Waals surface area (Å²) in [6.07, 6.45) is 9.04. The van der Waals surface area contributed by atoms with Crippen LogP contribution in [0.4, 0.5) is 0 Å². The average Bonchev–Trinajstić information content (AvgIpc) is 2.05. The summed E-state index contributed by atoms with van der Waals surface area (Å²) < 4.78 is 0. The number of allylic oxidation sites excluding steroid dienone is 1. The molecule has 0 spiro atoms. The Hall–Kier alpha value is -0.300. The van der Waals surface area contributed by atoms with Gasteiger partial charge in [0.2, 0.25) is 0 Å². The second kappa shape index (κ2) is 7.80. The topological polar surface area (TPSA) is 20.2 Å². The molecule has 0 saturated carbocycles. The lowest BCUT2D eigenvalue weighted by Crippen LogP contribution is -1.99. The summed E-state index contributed by atoms with van der Waals surface area (Å²) in [4.78, 5) is 0. The molecule has 1 heteroatoms. The van der Waals surface area contributed by atoms with Gasteiger partial charge in [0.25, 0.3) is 0 Å². The quantitative estimate of drug-likeness (QED) is 0.463. The van der Waals surface area contributed by atoms with Crippen LogP contribution in [0.1, 0.15) is 39.5 Å². The van der Waals surface area contributed by atoms with Crippen molar-refractivity contribution in [3.05, 3.63) is 12.2 Å². The number of aliphatic hydroxyl groups excluding tert-OH is 1. The van der Waals surface area contributed by atoms with Crippen molar-refractivity contribution in [2.75, 3.05) is 6.61 Å². The minimum atomic E-state index is 0.291. The molecule has 1 atom stereocenters. The smallest absolute Gasteiger partial charge is 0.0493 e. The van der Waals surface area contributed by atoms with Gasteiger partial charge in [0.15, 0.2) is 0 Å². The molecule has 0 aromatic carbocycles. The van der Waals surface area contributed by atoms with Crippen LogP contribution in [-0.2, 0) is 0 Å². The van der Waals surface area contributed by atoms with Gasteiger partial charge < -0.3 is 5.11 Å². The second-order valence-electron chi connectivity index (χ2n) is 2.92. The number of unbranched alkanes of at least 4 members (excludes halogenated alkanes) is 2. The van der Waals surface area contributed by atoms with E-state index in [1.54, 1.807) is 0 Å². The van der Waals surface area contributed by atoms with E-state index in [0.717, 1.165) is 12.8 Å². The molecule has 0 aliphatic carbocycles. The van der Waals surface area contributed by atoms with Crippen molar-refractivity contribution < 1.29 is 5.11 Å². The summed E-state index contributed by atoms with van der Waals surface area (Å²) in [6.45, 7) is 4.58. The molecule has 0 saturated heterocycles. The molecule has 0 aromatic rings. The number of hydrogen-bond acceptors (Lipinski definition) is 1. The van der Waals surface area contributed by atoms with Gasteiger partial charge in [-0.1, -0.05) is 38.8 Å². The summed E-state index contributed by atoms with van der Waals surface area (Å²) in [5.74, 6) is 0.381. The number of hydrogen-bond donors (Lipinski definition) is 1. The van der Waals surface area contributed by atoms with Crippen molar-refractivity contribution in [3.8, 4) is 0 Å². The Morgan fingerprint density at radius 1 is 1.36 bits per heavy atom. The van der Waals surface area contributed by atoms with Gasteiger partial charge in [-0.05, 0) is 18.8 Å². The first-order valence-electron chi connectivity index (χ1n) is 4.62. The molecule has 0 rings (SSSR count). The van der Waals surface area contributed by atoms with E-state index in [0.29, 0.717) is 12.5 Å². The summed E-state index contributed by atoms with van der Waals surface area (Å²) in [6, 6.07) is 0. The van der Waals surface area contributed by atoms with Crippen molar-refractivity contribution in [3.63, 3.8) is 0 Å². The molecule has 0 heterocycles. The zero-order chi connectivity index (χ0) is 8.53. The fraction of sp³-hybridized carbons (Fsp3) is 0.800. The summed E-state index contributed by atoms with van der Waals surface area (Å²) in [5, 5.41) is 8.83.